The number of carbonyl (C=O) groups excluding carboxylic acids is 2. The second-order valence-electron chi connectivity index (χ2n) is 15.5. The van der Waals surface area contributed by atoms with Gasteiger partial charge in [0.15, 0.2) is 6.10 Å². The number of epoxide rings is 1. The number of nitrogens with zero attached hydrogens (tertiary/aromatic N) is 2. The van der Waals surface area contributed by atoms with Gasteiger partial charge in [0.2, 0.25) is 0 Å². The van der Waals surface area contributed by atoms with Gasteiger partial charge >= 0.3 is 12.1 Å². The number of hydrogen-bond donors (Lipinski definition) is 3. The first kappa shape index (κ1) is 41.4. The van der Waals surface area contributed by atoms with E-state index in [4.69, 9.17) is 23.7 Å². The topological polar surface area (TPSA) is 151 Å². The molecule has 4 aliphatic rings. The summed E-state index contributed by atoms with van der Waals surface area (Å²) in [5, 5.41) is 32.1. The van der Waals surface area contributed by atoms with Gasteiger partial charge in [-0.1, -0.05) is 45.1 Å². The molecule has 290 valence electrons. The van der Waals surface area contributed by atoms with Crippen molar-refractivity contribution in [3.05, 3.63) is 36.0 Å². The van der Waals surface area contributed by atoms with Crippen molar-refractivity contribution in [3.63, 3.8) is 0 Å². The van der Waals surface area contributed by atoms with Crippen molar-refractivity contribution in [2.75, 3.05) is 46.5 Å². The van der Waals surface area contributed by atoms with E-state index in [1.54, 1.807) is 31.1 Å². The number of cyclic esters (lactones) is 1. The van der Waals surface area contributed by atoms with Crippen LogP contribution in [0.5, 0.6) is 0 Å². The van der Waals surface area contributed by atoms with Gasteiger partial charge in [-0.05, 0) is 64.5 Å². The number of likely N-dealkylation sites (tertiary alicyclic amines) is 1. The molecule has 1 amide bonds. The molecule has 0 aromatic carbocycles. The fourth-order valence-electron chi connectivity index (χ4n) is 7.55. The maximum Gasteiger partial charge on any atom is 0.410 e. The Bertz CT molecular complexity index is 1220. The van der Waals surface area contributed by atoms with Gasteiger partial charge in [-0.15, -0.1) is 0 Å². The number of rotatable bonds is 11. The highest BCUT2D eigenvalue weighted by atomic mass is 16.6. The van der Waals surface area contributed by atoms with E-state index < -0.39 is 47.7 Å². The summed E-state index contributed by atoms with van der Waals surface area (Å²) in [5.74, 6) is -0.844. The summed E-state index contributed by atoms with van der Waals surface area (Å²) >= 11 is 0. The molecular weight excluding hydrogens is 656 g/mol. The van der Waals surface area contributed by atoms with Gasteiger partial charge in [0.1, 0.15) is 11.7 Å². The summed E-state index contributed by atoms with van der Waals surface area (Å²) in [6.07, 6.45) is 8.74. The molecule has 3 saturated heterocycles. The fraction of sp³-hybridized carbons (Fsp3) is 0.795. The van der Waals surface area contributed by atoms with Crippen molar-refractivity contribution in [1.29, 1.82) is 0 Å². The zero-order valence-electron chi connectivity index (χ0n) is 31.9. The molecule has 10 atom stereocenters. The molecule has 0 bridgehead atoms. The number of aliphatic hydroxyl groups is 3. The molecule has 3 N–H and O–H groups in total. The zero-order valence-corrected chi connectivity index (χ0v) is 31.9. The minimum Gasteiger partial charge on any atom is -0.457 e. The normalized spacial score (nSPS) is 34.6. The number of amides is 1. The predicted octanol–water partition coefficient (Wildman–Crippen LogP) is 4.16. The number of aliphatic hydroxyl groups excluding tert-OH is 2. The minimum absolute atomic E-state index is 0.00580. The predicted molar refractivity (Wildman–Crippen MR) is 193 cm³/mol. The largest absolute Gasteiger partial charge is 0.457 e. The van der Waals surface area contributed by atoms with Crippen LogP contribution in [-0.2, 0) is 28.5 Å². The minimum atomic E-state index is -1.15. The number of ether oxygens (including phenoxy) is 5. The number of hydrogen-bond acceptors (Lipinski definition) is 11. The first-order valence-corrected chi connectivity index (χ1v) is 19.0. The summed E-state index contributed by atoms with van der Waals surface area (Å²) in [4.78, 5) is 30.8. The van der Waals surface area contributed by atoms with E-state index in [0.717, 1.165) is 44.7 Å². The molecular formula is C39H64N2O10. The van der Waals surface area contributed by atoms with E-state index in [9.17, 15) is 24.9 Å². The Morgan fingerprint density at radius 3 is 2.51 bits per heavy atom. The maximum absolute atomic E-state index is 13.6. The average molecular weight is 721 g/mol. The van der Waals surface area contributed by atoms with Crippen LogP contribution in [0.15, 0.2) is 36.0 Å². The molecule has 12 heteroatoms. The zero-order chi connectivity index (χ0) is 37.3. The third-order valence-electron chi connectivity index (χ3n) is 11.3. The molecule has 0 aliphatic carbocycles. The Labute approximate surface area is 304 Å². The van der Waals surface area contributed by atoms with Crippen molar-refractivity contribution >= 4 is 12.1 Å². The van der Waals surface area contributed by atoms with E-state index >= 15 is 0 Å². The van der Waals surface area contributed by atoms with Crippen LogP contribution < -0.4 is 0 Å². The van der Waals surface area contributed by atoms with Gasteiger partial charge in [0.25, 0.3) is 0 Å². The molecule has 0 spiro atoms. The van der Waals surface area contributed by atoms with Gasteiger partial charge < -0.3 is 43.9 Å². The van der Waals surface area contributed by atoms with Crippen LogP contribution in [0.25, 0.3) is 0 Å². The third-order valence-corrected chi connectivity index (χ3v) is 11.3. The van der Waals surface area contributed by atoms with E-state index in [2.05, 4.69) is 4.90 Å². The summed E-state index contributed by atoms with van der Waals surface area (Å²) in [5.41, 5.74) is -1.36. The first-order chi connectivity index (χ1) is 24.2. The molecule has 51 heavy (non-hydrogen) atoms. The smallest absolute Gasteiger partial charge is 0.410 e. The average Bonchev–Trinajstić information content (AvgIpc) is 3.88. The molecule has 12 nitrogen and oxygen atoms in total. The van der Waals surface area contributed by atoms with Crippen LogP contribution in [0, 0.1) is 11.8 Å². The fourth-order valence-corrected chi connectivity index (χ4v) is 7.55. The number of methoxy groups -OCH3 is 1. The Hall–Kier alpha value is -2.32. The second-order valence-corrected chi connectivity index (χ2v) is 15.5. The number of carbonyl (C=O) groups is 2. The lowest BCUT2D eigenvalue weighted by Gasteiger charge is -2.41. The van der Waals surface area contributed by atoms with Gasteiger partial charge in [-0.2, -0.15) is 0 Å². The van der Waals surface area contributed by atoms with Crippen molar-refractivity contribution in [1.82, 2.24) is 9.80 Å². The summed E-state index contributed by atoms with van der Waals surface area (Å²) < 4.78 is 29.3. The highest BCUT2D eigenvalue weighted by Gasteiger charge is 2.47. The summed E-state index contributed by atoms with van der Waals surface area (Å²) in [7, 11) is 1.57. The molecule has 0 aromatic heterocycles. The number of allylic oxidation sites excluding steroid dienone is 2. The molecule has 4 rings (SSSR count). The first-order valence-electron chi connectivity index (χ1n) is 19.0. The van der Waals surface area contributed by atoms with Crippen LogP contribution in [0.4, 0.5) is 4.79 Å². The SMILES string of the molecule is CCC(O)C(C)C1OC1CC(C)(O)C=CC=C(C)C1OC(=O)CC(O)CCC(C)(OC)C(OC(=O)N2CCC(N3CCOCC3)CC2)C=CC1C. The molecule has 0 radical (unpaired) electrons. The third kappa shape index (κ3) is 11.8. The Balaban J connectivity index is 1.45. The van der Waals surface area contributed by atoms with Gasteiger partial charge in [-0.25, -0.2) is 4.79 Å². The van der Waals surface area contributed by atoms with Crippen molar-refractivity contribution in [2.45, 2.75) is 140 Å². The molecule has 4 aliphatic heterocycles. The summed E-state index contributed by atoms with van der Waals surface area (Å²) in [6, 6.07) is 0.427. The lowest BCUT2D eigenvalue weighted by Crippen LogP contribution is -2.51. The van der Waals surface area contributed by atoms with Crippen LogP contribution in [-0.4, -0.2) is 138 Å². The number of morpholine rings is 1. The standard InChI is InChI=1S/C39H64N2O10/c1-8-31(43)28(4)36-32(49-36)25-38(5,46)16-9-10-26(2)35-27(3)11-12-33(39(6,47-7)17-13-30(42)24-34(44)51-35)50-37(45)41-18-14-29(15-19-41)40-20-22-48-23-21-40/h9-12,16,27-33,35-36,42-43,46H,8,13-15,17-25H2,1-7H3. The van der Waals surface area contributed by atoms with Crippen LogP contribution in [0.1, 0.15) is 86.5 Å². The summed E-state index contributed by atoms with van der Waals surface area (Å²) in [6.45, 7) is 15.8. The Morgan fingerprint density at radius 2 is 1.86 bits per heavy atom. The molecule has 3 fully saturated rings. The lowest BCUT2D eigenvalue weighted by molar-refractivity contribution is -0.151. The Morgan fingerprint density at radius 1 is 1.18 bits per heavy atom. The Kier molecular flexibility index (Phi) is 15.1. The second kappa shape index (κ2) is 18.6. The van der Waals surface area contributed by atoms with Gasteiger partial charge in [0.05, 0.1) is 49.7 Å². The van der Waals surface area contributed by atoms with E-state index in [1.165, 1.54) is 0 Å². The highest BCUT2D eigenvalue weighted by molar-refractivity contribution is 5.70. The maximum atomic E-state index is 13.6. The van der Waals surface area contributed by atoms with Crippen LogP contribution >= 0.6 is 0 Å². The van der Waals surface area contributed by atoms with E-state index in [0.29, 0.717) is 38.4 Å². The number of piperidine rings is 1. The van der Waals surface area contributed by atoms with E-state index in [-0.39, 0.29) is 36.9 Å². The number of esters is 1. The molecule has 0 aromatic rings. The molecule has 4 heterocycles. The van der Waals surface area contributed by atoms with Crippen LogP contribution in [0.3, 0.4) is 0 Å². The van der Waals surface area contributed by atoms with Crippen LogP contribution in [0.2, 0.25) is 0 Å². The van der Waals surface area contributed by atoms with Crippen molar-refractivity contribution in [3.8, 4) is 0 Å². The monoisotopic (exact) mass is 720 g/mol. The molecule has 0 saturated carbocycles. The highest BCUT2D eigenvalue weighted by Crippen LogP contribution is 2.38. The lowest BCUT2D eigenvalue weighted by atomic mass is 9.88. The van der Waals surface area contributed by atoms with Crippen molar-refractivity contribution < 1.29 is 48.6 Å². The van der Waals surface area contributed by atoms with Gasteiger partial charge in [0, 0.05) is 57.6 Å². The van der Waals surface area contributed by atoms with Crippen molar-refractivity contribution in [2.24, 2.45) is 11.8 Å². The van der Waals surface area contributed by atoms with E-state index in [1.807, 2.05) is 52.8 Å². The molecule has 10 unspecified atom stereocenters. The quantitative estimate of drug-likeness (QED) is 0.122. The van der Waals surface area contributed by atoms with Gasteiger partial charge in [-0.3, -0.25) is 9.69 Å².